The van der Waals surface area contributed by atoms with E-state index in [2.05, 4.69) is 0 Å². The van der Waals surface area contributed by atoms with Crippen LogP contribution >= 0.6 is 0 Å². The number of ether oxygens (including phenoxy) is 3. The van der Waals surface area contributed by atoms with Crippen LogP contribution in [-0.4, -0.2) is 79.8 Å². The molecule has 41 heavy (non-hydrogen) atoms. The number of carbonyl (C=O) groups excluding carboxylic acids is 3. The number of fused-ring (bicyclic) bond motifs is 3. The highest BCUT2D eigenvalue weighted by molar-refractivity contribution is 6.31. The molecule has 1 unspecified atom stereocenters. The quantitative estimate of drug-likeness (QED) is 0.195. The van der Waals surface area contributed by atoms with Crippen LogP contribution in [0.15, 0.2) is 18.2 Å². The SMILES string of the molecule is CC[C@@]1(O)CC(O[C@H]2C[C@@](C)(N)[C@@H](O)[C@H](C)O2)c2c(O)c3c(c(O)c2[C@H]1C(=O)OC)C(=O)c1cccc(O)c1C3=O. The van der Waals surface area contributed by atoms with E-state index >= 15 is 0 Å². The number of aliphatic hydroxyl groups is 2. The lowest BCUT2D eigenvalue weighted by Gasteiger charge is -2.47. The maximum absolute atomic E-state index is 13.6. The number of ketones is 2. The maximum Gasteiger partial charge on any atom is 0.316 e. The lowest BCUT2D eigenvalue weighted by molar-refractivity contribution is -0.260. The van der Waals surface area contributed by atoms with Gasteiger partial charge in [-0.1, -0.05) is 19.1 Å². The lowest BCUT2D eigenvalue weighted by Crippen LogP contribution is -2.60. The van der Waals surface area contributed by atoms with Gasteiger partial charge >= 0.3 is 5.97 Å². The highest BCUT2D eigenvalue weighted by atomic mass is 16.7. The second kappa shape index (κ2) is 9.78. The predicted octanol–water partition coefficient (Wildman–Crippen LogP) is 1.65. The van der Waals surface area contributed by atoms with Crippen molar-refractivity contribution in [3.8, 4) is 17.2 Å². The van der Waals surface area contributed by atoms with E-state index in [1.807, 2.05) is 0 Å². The standard InChI is InChI=1S/C29H33NO11/c1-5-29(38)9-14(41-15-10-28(3,30)26(36)11(2)40-15)17-18(21(29)27(37)39-4)25(35)19-20(24(17)34)23(33)16-12(22(19)32)7-6-8-13(16)31/h6-8,11,14-15,21,26,31,34-36,38H,5,9-10,30H2,1-4H3/t11-,14?,15-,21-,26-,28+,29+/m0/s1. The Balaban J connectivity index is 1.76. The van der Waals surface area contributed by atoms with Gasteiger partial charge in [0.25, 0.3) is 0 Å². The fourth-order valence-electron chi connectivity index (χ4n) is 6.42. The van der Waals surface area contributed by atoms with Crippen molar-refractivity contribution in [3.05, 3.63) is 51.6 Å². The Labute approximate surface area is 235 Å². The molecule has 12 heteroatoms. The minimum atomic E-state index is -1.88. The summed E-state index contributed by atoms with van der Waals surface area (Å²) in [6.07, 6.45) is -4.42. The van der Waals surface area contributed by atoms with Crippen LogP contribution in [0.25, 0.3) is 0 Å². The van der Waals surface area contributed by atoms with Gasteiger partial charge < -0.3 is 45.5 Å². The number of esters is 1. The van der Waals surface area contributed by atoms with Gasteiger partial charge in [-0.05, 0) is 26.3 Å². The van der Waals surface area contributed by atoms with Gasteiger partial charge in [-0.3, -0.25) is 14.4 Å². The highest BCUT2D eigenvalue weighted by Gasteiger charge is 2.55. The molecule has 0 spiro atoms. The predicted molar refractivity (Wildman–Crippen MR) is 141 cm³/mol. The first-order valence-corrected chi connectivity index (χ1v) is 13.3. The Hall–Kier alpha value is -3.55. The summed E-state index contributed by atoms with van der Waals surface area (Å²) >= 11 is 0. The second-order valence-electron chi connectivity index (χ2n) is 11.3. The summed E-state index contributed by atoms with van der Waals surface area (Å²) < 4.78 is 17.0. The summed E-state index contributed by atoms with van der Waals surface area (Å²) in [5.41, 5.74) is 1.05. The molecule has 0 amide bonds. The Bertz CT molecular complexity index is 1470. The first kappa shape index (κ1) is 29.0. The van der Waals surface area contributed by atoms with Gasteiger partial charge in [0.1, 0.15) is 23.2 Å². The summed E-state index contributed by atoms with van der Waals surface area (Å²) in [6, 6.07) is 3.86. The van der Waals surface area contributed by atoms with E-state index in [0.29, 0.717) is 0 Å². The molecule has 12 nitrogen and oxygen atoms in total. The number of aromatic hydroxyl groups is 3. The van der Waals surface area contributed by atoms with Crippen molar-refractivity contribution in [1.82, 2.24) is 0 Å². The smallest absolute Gasteiger partial charge is 0.316 e. The highest BCUT2D eigenvalue weighted by Crippen LogP contribution is 2.57. The average molecular weight is 572 g/mol. The third-order valence-electron chi connectivity index (χ3n) is 8.64. The summed E-state index contributed by atoms with van der Waals surface area (Å²) in [4.78, 5) is 40.3. The van der Waals surface area contributed by atoms with E-state index in [9.17, 15) is 39.9 Å². The molecule has 0 radical (unpaired) electrons. The Morgan fingerprint density at radius 1 is 1.07 bits per heavy atom. The van der Waals surface area contributed by atoms with Crippen molar-refractivity contribution < 1.29 is 54.1 Å². The van der Waals surface area contributed by atoms with Gasteiger partial charge in [0, 0.05) is 35.1 Å². The van der Waals surface area contributed by atoms with E-state index in [-0.39, 0.29) is 41.5 Å². The Kier molecular flexibility index (Phi) is 6.91. The van der Waals surface area contributed by atoms with E-state index < -0.39 is 87.6 Å². The van der Waals surface area contributed by atoms with Crippen LogP contribution in [-0.2, 0) is 19.0 Å². The van der Waals surface area contributed by atoms with Gasteiger partial charge in [-0.2, -0.15) is 0 Å². The third kappa shape index (κ3) is 4.20. The largest absolute Gasteiger partial charge is 0.507 e. The van der Waals surface area contributed by atoms with Crippen molar-refractivity contribution in [2.24, 2.45) is 5.73 Å². The van der Waals surface area contributed by atoms with Crippen molar-refractivity contribution in [2.75, 3.05) is 7.11 Å². The van der Waals surface area contributed by atoms with Crippen LogP contribution in [0.1, 0.15) is 95.0 Å². The number of carbonyl (C=O) groups is 3. The summed E-state index contributed by atoms with van der Waals surface area (Å²) in [7, 11) is 1.09. The van der Waals surface area contributed by atoms with Gasteiger partial charge in [0.15, 0.2) is 12.1 Å². The van der Waals surface area contributed by atoms with Crippen LogP contribution in [0, 0.1) is 0 Å². The van der Waals surface area contributed by atoms with Crippen LogP contribution in [0.5, 0.6) is 17.2 Å². The number of phenols is 3. The zero-order valence-electron chi connectivity index (χ0n) is 23.0. The molecule has 0 saturated carbocycles. The molecule has 1 aliphatic heterocycles. The van der Waals surface area contributed by atoms with Crippen LogP contribution in [0.4, 0.5) is 0 Å². The molecule has 0 bridgehead atoms. The van der Waals surface area contributed by atoms with Crippen molar-refractivity contribution >= 4 is 17.5 Å². The number of hydrogen-bond acceptors (Lipinski definition) is 12. The van der Waals surface area contributed by atoms with Gasteiger partial charge in [0.05, 0.1) is 47.7 Å². The number of hydrogen-bond donors (Lipinski definition) is 6. The molecule has 0 aromatic heterocycles. The monoisotopic (exact) mass is 571 g/mol. The van der Waals surface area contributed by atoms with Crippen LogP contribution < -0.4 is 5.73 Å². The molecule has 5 rings (SSSR count). The normalized spacial score (nSPS) is 32.6. The van der Waals surface area contributed by atoms with E-state index in [0.717, 1.165) is 7.11 Å². The minimum Gasteiger partial charge on any atom is -0.507 e. The number of phenolic OH excluding ortho intramolecular Hbond substituents is 3. The Morgan fingerprint density at radius 2 is 1.71 bits per heavy atom. The van der Waals surface area contributed by atoms with Crippen molar-refractivity contribution in [1.29, 1.82) is 0 Å². The van der Waals surface area contributed by atoms with E-state index in [1.54, 1.807) is 20.8 Å². The zero-order chi connectivity index (χ0) is 30.2. The molecule has 220 valence electrons. The van der Waals surface area contributed by atoms with Gasteiger partial charge in [-0.25, -0.2) is 0 Å². The number of rotatable bonds is 4. The third-order valence-corrected chi connectivity index (χ3v) is 8.64. The van der Waals surface area contributed by atoms with Crippen molar-refractivity contribution in [2.45, 2.75) is 81.7 Å². The van der Waals surface area contributed by atoms with E-state index in [1.165, 1.54) is 18.2 Å². The molecule has 7 N–H and O–H groups in total. The van der Waals surface area contributed by atoms with Gasteiger partial charge in [-0.15, -0.1) is 0 Å². The van der Waals surface area contributed by atoms with Crippen LogP contribution in [0.2, 0.25) is 0 Å². The topological polar surface area (TPSA) is 206 Å². The second-order valence-corrected chi connectivity index (χ2v) is 11.3. The van der Waals surface area contributed by atoms with Crippen LogP contribution in [0.3, 0.4) is 0 Å². The fraction of sp³-hybridized carbons (Fsp3) is 0.483. The molecule has 7 atom stereocenters. The molecule has 2 aliphatic carbocycles. The zero-order valence-corrected chi connectivity index (χ0v) is 23.0. The molecular formula is C29H33NO11. The number of aliphatic hydroxyl groups excluding tert-OH is 1. The van der Waals surface area contributed by atoms with E-state index in [4.69, 9.17) is 19.9 Å². The molecule has 1 fully saturated rings. The fourth-order valence-corrected chi connectivity index (χ4v) is 6.42. The lowest BCUT2D eigenvalue weighted by atomic mass is 9.66. The first-order valence-electron chi connectivity index (χ1n) is 13.3. The number of methoxy groups -OCH3 is 1. The molecule has 3 aliphatic rings. The molecule has 2 aromatic rings. The Morgan fingerprint density at radius 3 is 2.32 bits per heavy atom. The maximum atomic E-state index is 13.6. The molecule has 1 saturated heterocycles. The van der Waals surface area contributed by atoms with Crippen molar-refractivity contribution in [3.63, 3.8) is 0 Å². The number of benzene rings is 2. The first-order chi connectivity index (χ1) is 19.2. The molecular weight excluding hydrogens is 538 g/mol. The van der Waals surface area contributed by atoms with Gasteiger partial charge in [0.2, 0.25) is 5.78 Å². The molecule has 2 aromatic carbocycles. The number of nitrogens with two attached hydrogens (primary N) is 1. The summed E-state index contributed by atoms with van der Waals surface area (Å²) in [6.45, 7) is 4.82. The minimum absolute atomic E-state index is 0.00563. The molecule has 1 heterocycles. The summed E-state index contributed by atoms with van der Waals surface area (Å²) in [5, 5.41) is 55.8. The summed E-state index contributed by atoms with van der Waals surface area (Å²) in [5.74, 6) is -6.35. The average Bonchev–Trinajstić information content (AvgIpc) is 2.91.